The Bertz CT molecular complexity index is 4160. The van der Waals surface area contributed by atoms with E-state index in [9.17, 15) is 63.0 Å². The molecule has 0 aliphatic carbocycles. The molecule has 7 amide bonds. The molecule has 17 heteroatoms. The number of aromatic carboxylic acids is 2. The van der Waals surface area contributed by atoms with Crippen LogP contribution in [-0.2, 0) is 6.42 Å². The van der Waals surface area contributed by atoms with E-state index >= 15 is 0 Å². The lowest BCUT2D eigenvalue weighted by atomic mass is 9.93. The quantitative estimate of drug-likeness (QED) is 0.0678. The predicted octanol–water partition coefficient (Wildman–Crippen LogP) is 10.2. The smallest absolute Gasteiger partial charge is 0.336 e. The highest BCUT2D eigenvalue weighted by atomic mass is 16.4. The molecule has 17 nitrogen and oxygen atoms in total. The third-order valence-electron chi connectivity index (χ3n) is 14.4. The molecule has 3 heterocycles. The monoisotopic (exact) mass is 1060 g/mol. The molecule has 0 saturated carbocycles. The first-order valence-corrected chi connectivity index (χ1v) is 24.9. The van der Waals surface area contributed by atoms with Crippen LogP contribution in [0.1, 0.15) is 133 Å². The van der Waals surface area contributed by atoms with Crippen molar-refractivity contribution in [2.45, 2.75) is 19.8 Å². The van der Waals surface area contributed by atoms with Crippen LogP contribution in [0.3, 0.4) is 0 Å². The predicted molar refractivity (Wildman–Crippen MR) is 292 cm³/mol. The van der Waals surface area contributed by atoms with Crippen molar-refractivity contribution >= 4 is 81.9 Å². The molecule has 0 fully saturated rings. The maximum atomic E-state index is 14.0. The number of carboxylic acid groups (broad SMARTS) is 2. The standard InChI is InChI=1S/C63H40N4O13/c1-3-53(68)48-27-34(12-23-46(48)62(77)78)33-5-4-6-39(26-33)55(70)64-40-14-7-32(8-15-40)25-54(69)49-28-35(13-24-47(49)63(79)80)37-10-21-44-51(30-37)60(75)66(58(44)73)41-16-18-42(19-17-41)67-59(74)45-22-11-38(31-52(45)61(67)76)36-9-20-43-50(29-36)57(72)65(2)56(43)71/h4-24,26-31H,3,25H2,1-2H3,(H,64,70)(H,77,78)(H,79,80). The van der Waals surface area contributed by atoms with Gasteiger partial charge in [0.2, 0.25) is 0 Å². The average Bonchev–Trinajstić information content (AvgIpc) is 3.98. The molecule has 80 heavy (non-hydrogen) atoms. The van der Waals surface area contributed by atoms with Crippen molar-refractivity contribution in [3.05, 3.63) is 231 Å². The molecule has 0 unspecified atom stereocenters. The number of nitrogens with one attached hydrogen (secondary N) is 1. The molecule has 0 atom stereocenters. The molecular formula is C63H40N4O13. The Kier molecular flexibility index (Phi) is 12.6. The Balaban J connectivity index is 0.763. The average molecular weight is 1060 g/mol. The largest absolute Gasteiger partial charge is 0.478 e. The molecular weight excluding hydrogens is 1020 g/mol. The van der Waals surface area contributed by atoms with Gasteiger partial charge in [0.1, 0.15) is 0 Å². The van der Waals surface area contributed by atoms with E-state index in [0.29, 0.717) is 44.6 Å². The lowest BCUT2D eigenvalue weighted by molar-refractivity contribution is 0.0680. The summed E-state index contributed by atoms with van der Waals surface area (Å²) < 4.78 is 0. The van der Waals surface area contributed by atoms with Gasteiger partial charge < -0.3 is 15.5 Å². The maximum absolute atomic E-state index is 14.0. The van der Waals surface area contributed by atoms with Crippen LogP contribution in [0.15, 0.2) is 164 Å². The van der Waals surface area contributed by atoms with Gasteiger partial charge in [0.05, 0.1) is 55.9 Å². The number of anilines is 3. The third-order valence-corrected chi connectivity index (χ3v) is 14.4. The number of hydrogen-bond donors (Lipinski definition) is 3. The Hall–Kier alpha value is -11.1. The van der Waals surface area contributed by atoms with E-state index in [1.807, 2.05) is 0 Å². The molecule has 8 aromatic rings. The van der Waals surface area contributed by atoms with E-state index in [1.165, 1.54) is 79.8 Å². The molecule has 0 saturated heterocycles. The van der Waals surface area contributed by atoms with Crippen molar-refractivity contribution in [3.8, 4) is 33.4 Å². The molecule has 390 valence electrons. The van der Waals surface area contributed by atoms with E-state index in [2.05, 4.69) is 5.32 Å². The summed E-state index contributed by atoms with van der Waals surface area (Å²) in [6.07, 6.45) is -0.107. The number of carbonyl (C=O) groups is 11. The van der Waals surface area contributed by atoms with Crippen LogP contribution < -0.4 is 15.1 Å². The van der Waals surface area contributed by atoms with Gasteiger partial charge in [-0.3, -0.25) is 48.1 Å². The fraction of sp³-hybridized carbons (Fsp3) is 0.0635. The fourth-order valence-corrected chi connectivity index (χ4v) is 10.1. The van der Waals surface area contributed by atoms with E-state index in [0.717, 1.165) is 14.7 Å². The van der Waals surface area contributed by atoms with E-state index < -0.39 is 59.1 Å². The van der Waals surface area contributed by atoms with Gasteiger partial charge in [0, 0.05) is 42.3 Å². The summed E-state index contributed by atoms with van der Waals surface area (Å²) >= 11 is 0. The van der Waals surface area contributed by atoms with Gasteiger partial charge in [-0.1, -0.05) is 61.5 Å². The molecule has 11 rings (SSSR count). The summed E-state index contributed by atoms with van der Waals surface area (Å²) in [5, 5.41) is 22.5. The Morgan fingerprint density at radius 3 is 1.29 bits per heavy atom. The summed E-state index contributed by atoms with van der Waals surface area (Å²) in [6.45, 7) is 1.64. The van der Waals surface area contributed by atoms with Crippen LogP contribution in [0.25, 0.3) is 33.4 Å². The number of fused-ring (bicyclic) bond motifs is 3. The second-order valence-electron chi connectivity index (χ2n) is 19.1. The molecule has 3 aliphatic heterocycles. The number of benzene rings is 8. The first-order valence-electron chi connectivity index (χ1n) is 24.9. The molecule has 0 spiro atoms. The van der Waals surface area contributed by atoms with Gasteiger partial charge in [0.15, 0.2) is 11.6 Å². The van der Waals surface area contributed by atoms with E-state index in [-0.39, 0.29) is 91.2 Å². The molecule has 0 bridgehead atoms. The van der Waals surface area contributed by atoms with Gasteiger partial charge >= 0.3 is 11.9 Å². The van der Waals surface area contributed by atoms with Crippen LogP contribution in [0.4, 0.5) is 17.1 Å². The summed E-state index contributed by atoms with van der Waals surface area (Å²) in [5.74, 6) is -7.29. The molecule has 3 aliphatic rings. The number of nitrogens with zero attached hydrogens (tertiary/aromatic N) is 3. The minimum atomic E-state index is -1.35. The summed E-state index contributed by atoms with van der Waals surface area (Å²) in [4.78, 5) is 147. The Labute approximate surface area is 453 Å². The lowest BCUT2D eigenvalue weighted by Crippen LogP contribution is -2.30. The van der Waals surface area contributed by atoms with Crippen molar-refractivity contribution in [1.29, 1.82) is 0 Å². The Morgan fingerprint density at radius 1 is 0.412 bits per heavy atom. The number of carboxylic acids is 2. The first-order chi connectivity index (χ1) is 38.4. The van der Waals surface area contributed by atoms with Crippen LogP contribution in [0, 0.1) is 0 Å². The van der Waals surface area contributed by atoms with Gasteiger partial charge in [0.25, 0.3) is 41.4 Å². The zero-order valence-electron chi connectivity index (χ0n) is 42.2. The highest BCUT2D eigenvalue weighted by Gasteiger charge is 2.40. The number of Topliss-reactive ketones (excluding diaryl/α,β-unsaturated/α-hetero) is 2. The number of amides is 7. The summed E-state index contributed by atoms with van der Waals surface area (Å²) in [7, 11) is 1.39. The number of carbonyl (C=O) groups excluding carboxylic acids is 9. The second kappa shape index (κ2) is 19.8. The second-order valence-corrected chi connectivity index (χ2v) is 19.1. The maximum Gasteiger partial charge on any atom is 0.336 e. The van der Waals surface area contributed by atoms with Gasteiger partial charge in [-0.05, 0) is 148 Å². The van der Waals surface area contributed by atoms with Crippen LogP contribution in [0.5, 0.6) is 0 Å². The SMILES string of the molecule is CCC(=O)c1cc(-c2cccc(C(=O)Nc3ccc(CC(=O)c4cc(-c5ccc6c(c5)C(=O)N(c5ccc(N7C(=O)c8ccc(-c9ccc%10c(c9)C(=O)N(C)C%10=O)cc8C7=O)cc5)C6=O)ccc4C(=O)O)cc3)c2)ccc1C(=O)O. The number of hydrogen-bond acceptors (Lipinski definition) is 11. The van der Waals surface area contributed by atoms with Crippen molar-refractivity contribution in [3.63, 3.8) is 0 Å². The molecule has 0 aromatic heterocycles. The third kappa shape index (κ3) is 8.79. The zero-order chi connectivity index (χ0) is 56.4. The topological polar surface area (TPSA) is 250 Å². The van der Waals surface area contributed by atoms with Gasteiger partial charge in [-0.15, -0.1) is 0 Å². The number of imide groups is 3. The zero-order valence-corrected chi connectivity index (χ0v) is 42.2. The van der Waals surface area contributed by atoms with Crippen LogP contribution in [0.2, 0.25) is 0 Å². The normalized spacial score (nSPS) is 13.4. The van der Waals surface area contributed by atoms with Crippen LogP contribution in [-0.4, -0.2) is 87.0 Å². The summed E-state index contributed by atoms with van der Waals surface area (Å²) in [6, 6.07) is 41.3. The van der Waals surface area contributed by atoms with Crippen molar-refractivity contribution < 1.29 is 63.0 Å². The molecule has 8 aromatic carbocycles. The molecule has 3 N–H and O–H groups in total. The number of ketones is 2. The van der Waals surface area contributed by atoms with Crippen LogP contribution >= 0.6 is 0 Å². The molecule has 0 radical (unpaired) electrons. The van der Waals surface area contributed by atoms with Gasteiger partial charge in [-0.25, -0.2) is 19.4 Å². The van der Waals surface area contributed by atoms with Crippen molar-refractivity contribution in [2.75, 3.05) is 22.2 Å². The summed E-state index contributed by atoms with van der Waals surface area (Å²) in [5.41, 5.74) is 5.02. The fourth-order valence-electron chi connectivity index (χ4n) is 10.1. The number of rotatable bonds is 14. The van der Waals surface area contributed by atoms with Gasteiger partial charge in [-0.2, -0.15) is 0 Å². The first kappa shape index (κ1) is 51.1. The van der Waals surface area contributed by atoms with E-state index in [1.54, 1.807) is 97.9 Å². The highest BCUT2D eigenvalue weighted by Crippen LogP contribution is 2.37. The highest BCUT2D eigenvalue weighted by molar-refractivity contribution is 6.36. The minimum absolute atomic E-state index is 0.0418. The minimum Gasteiger partial charge on any atom is -0.478 e. The van der Waals surface area contributed by atoms with Crippen molar-refractivity contribution in [2.24, 2.45) is 0 Å². The Morgan fingerprint density at radius 2 is 0.812 bits per heavy atom. The lowest BCUT2D eigenvalue weighted by Gasteiger charge is -2.17. The van der Waals surface area contributed by atoms with Crippen molar-refractivity contribution in [1.82, 2.24) is 4.90 Å². The van der Waals surface area contributed by atoms with E-state index in [4.69, 9.17) is 0 Å².